The van der Waals surface area contributed by atoms with Crippen molar-refractivity contribution in [3.63, 3.8) is 0 Å². The Kier molecular flexibility index (Phi) is 4.24. The Bertz CT molecular complexity index is 544. The molecule has 0 amide bonds. The van der Waals surface area contributed by atoms with Gasteiger partial charge in [0, 0.05) is 6.04 Å². The topological polar surface area (TPSA) is 73.2 Å². The van der Waals surface area contributed by atoms with Gasteiger partial charge in [-0.2, -0.15) is 5.10 Å². The molecule has 19 heavy (non-hydrogen) atoms. The fourth-order valence-corrected chi connectivity index (χ4v) is 2.36. The molecule has 1 saturated carbocycles. The van der Waals surface area contributed by atoms with E-state index < -0.39 is 5.97 Å². The van der Waals surface area contributed by atoms with E-state index in [0.717, 1.165) is 17.5 Å². The highest BCUT2D eigenvalue weighted by Gasteiger charge is 2.35. The molecule has 7 heteroatoms. The minimum Gasteiger partial charge on any atom is -0.468 e. The van der Waals surface area contributed by atoms with Gasteiger partial charge in [-0.1, -0.05) is 13.3 Å². The summed E-state index contributed by atoms with van der Waals surface area (Å²) in [5, 5.41) is 7.25. The number of rotatable bonds is 5. The summed E-state index contributed by atoms with van der Waals surface area (Å²) in [5.41, 5.74) is 0.330. The lowest BCUT2D eigenvalue weighted by Gasteiger charge is -2.09. The Morgan fingerprint density at radius 3 is 3.00 bits per heavy atom. The molecule has 2 rings (SSSR count). The fourth-order valence-electron chi connectivity index (χ4n) is 1.94. The van der Waals surface area contributed by atoms with Crippen LogP contribution < -0.4 is 10.9 Å². The smallest absolute Gasteiger partial charge is 0.327 e. The van der Waals surface area contributed by atoms with Crippen molar-refractivity contribution in [3.8, 4) is 0 Å². The first-order valence-corrected chi connectivity index (χ1v) is 6.95. The molecule has 0 spiro atoms. The largest absolute Gasteiger partial charge is 0.468 e. The van der Waals surface area contributed by atoms with Crippen molar-refractivity contribution in [1.82, 2.24) is 9.78 Å². The molecule has 0 aliphatic heterocycles. The molecule has 1 N–H and O–H groups in total. The van der Waals surface area contributed by atoms with Gasteiger partial charge in [0.05, 0.1) is 19.0 Å². The molecule has 1 heterocycles. The summed E-state index contributed by atoms with van der Waals surface area (Å²) in [5.74, 6) is 0.167. The standard InChI is InChI=1S/C12H16BrN3O3/c1-3-7-4-8(7)15-9-5-14-16(6-10(17)19-2)12(18)11(9)13/h5,7-8,15H,3-4,6H2,1-2H3. The lowest BCUT2D eigenvalue weighted by molar-refractivity contribution is -0.141. The Labute approximate surface area is 119 Å². The van der Waals surface area contributed by atoms with E-state index >= 15 is 0 Å². The van der Waals surface area contributed by atoms with Crippen molar-refractivity contribution >= 4 is 27.6 Å². The zero-order chi connectivity index (χ0) is 14.0. The first kappa shape index (κ1) is 14.0. The number of ether oxygens (including phenoxy) is 1. The maximum Gasteiger partial charge on any atom is 0.327 e. The van der Waals surface area contributed by atoms with E-state index in [4.69, 9.17) is 0 Å². The van der Waals surface area contributed by atoms with Crippen molar-refractivity contribution in [2.45, 2.75) is 32.4 Å². The normalized spacial score (nSPS) is 21.0. The van der Waals surface area contributed by atoms with Crippen molar-refractivity contribution in [2.75, 3.05) is 12.4 Å². The number of aromatic nitrogens is 2. The maximum absolute atomic E-state index is 12.0. The molecule has 1 aliphatic carbocycles. The third kappa shape index (κ3) is 3.15. The van der Waals surface area contributed by atoms with E-state index in [1.54, 1.807) is 6.20 Å². The van der Waals surface area contributed by atoms with Gasteiger partial charge in [-0.15, -0.1) is 0 Å². The second-order valence-electron chi connectivity index (χ2n) is 4.57. The summed E-state index contributed by atoms with van der Waals surface area (Å²) < 4.78 is 5.98. The fraction of sp³-hybridized carbons (Fsp3) is 0.583. The Morgan fingerprint density at radius 1 is 1.68 bits per heavy atom. The summed E-state index contributed by atoms with van der Waals surface area (Å²) in [7, 11) is 1.27. The third-order valence-electron chi connectivity index (χ3n) is 3.28. The number of methoxy groups -OCH3 is 1. The van der Waals surface area contributed by atoms with E-state index in [-0.39, 0.29) is 12.1 Å². The predicted molar refractivity (Wildman–Crippen MR) is 74.0 cm³/mol. The average Bonchev–Trinajstić information content (AvgIpc) is 3.16. The van der Waals surface area contributed by atoms with Gasteiger partial charge >= 0.3 is 5.97 Å². The van der Waals surface area contributed by atoms with Crippen LogP contribution in [0.25, 0.3) is 0 Å². The van der Waals surface area contributed by atoms with Gasteiger partial charge in [0.1, 0.15) is 11.0 Å². The Morgan fingerprint density at radius 2 is 2.42 bits per heavy atom. The molecular weight excluding hydrogens is 314 g/mol. The molecule has 0 aromatic carbocycles. The van der Waals surface area contributed by atoms with E-state index in [1.807, 2.05) is 0 Å². The maximum atomic E-state index is 12.0. The molecule has 0 saturated heterocycles. The molecule has 1 aromatic rings. The van der Waals surface area contributed by atoms with E-state index in [2.05, 4.69) is 38.0 Å². The number of carbonyl (C=O) groups excluding carboxylic acids is 1. The Hall–Kier alpha value is -1.37. The average molecular weight is 330 g/mol. The van der Waals surface area contributed by atoms with Gasteiger partial charge in [-0.25, -0.2) is 4.68 Å². The quantitative estimate of drug-likeness (QED) is 0.826. The van der Waals surface area contributed by atoms with Gasteiger partial charge in [0.15, 0.2) is 0 Å². The monoisotopic (exact) mass is 329 g/mol. The second-order valence-corrected chi connectivity index (χ2v) is 5.36. The number of carbonyl (C=O) groups is 1. The van der Waals surface area contributed by atoms with Crippen LogP contribution in [-0.4, -0.2) is 28.9 Å². The van der Waals surface area contributed by atoms with Crippen molar-refractivity contribution in [3.05, 3.63) is 21.0 Å². The molecule has 1 aromatic heterocycles. The molecule has 1 fully saturated rings. The zero-order valence-electron chi connectivity index (χ0n) is 10.9. The minimum absolute atomic E-state index is 0.185. The van der Waals surface area contributed by atoms with Gasteiger partial charge in [-0.05, 0) is 28.3 Å². The number of nitrogens with one attached hydrogen (secondary N) is 1. The molecule has 1 aliphatic rings. The third-order valence-corrected chi connectivity index (χ3v) is 4.05. The zero-order valence-corrected chi connectivity index (χ0v) is 12.4. The van der Waals surface area contributed by atoms with Gasteiger partial charge < -0.3 is 10.1 Å². The first-order valence-electron chi connectivity index (χ1n) is 6.15. The highest BCUT2D eigenvalue weighted by Crippen LogP contribution is 2.36. The van der Waals surface area contributed by atoms with Crippen LogP contribution in [0.15, 0.2) is 15.5 Å². The number of esters is 1. The van der Waals surface area contributed by atoms with Crippen LogP contribution in [0.2, 0.25) is 0 Å². The number of nitrogens with zero attached hydrogens (tertiary/aromatic N) is 2. The number of halogens is 1. The van der Waals surface area contributed by atoms with Crippen LogP contribution >= 0.6 is 15.9 Å². The molecule has 0 radical (unpaired) electrons. The second kappa shape index (κ2) is 5.73. The van der Waals surface area contributed by atoms with E-state index in [9.17, 15) is 9.59 Å². The lowest BCUT2D eigenvalue weighted by Crippen LogP contribution is -2.28. The summed E-state index contributed by atoms with van der Waals surface area (Å²) in [4.78, 5) is 23.1. The highest BCUT2D eigenvalue weighted by atomic mass is 79.9. The van der Waals surface area contributed by atoms with Crippen LogP contribution in [0.4, 0.5) is 5.69 Å². The SMILES string of the molecule is CCC1CC1Nc1cnn(CC(=O)OC)c(=O)c1Br. The summed E-state index contributed by atoms with van der Waals surface area (Å²) in [6.07, 6.45) is 3.80. The lowest BCUT2D eigenvalue weighted by atomic mass is 10.3. The molecule has 6 nitrogen and oxygen atoms in total. The number of anilines is 1. The molecule has 2 unspecified atom stereocenters. The van der Waals surface area contributed by atoms with Crippen molar-refractivity contribution in [2.24, 2.45) is 5.92 Å². The van der Waals surface area contributed by atoms with Crippen LogP contribution in [-0.2, 0) is 16.1 Å². The van der Waals surface area contributed by atoms with Crippen LogP contribution in [0.3, 0.4) is 0 Å². The molecule has 104 valence electrons. The Balaban J connectivity index is 2.13. The van der Waals surface area contributed by atoms with Crippen LogP contribution in [0.5, 0.6) is 0 Å². The van der Waals surface area contributed by atoms with Crippen molar-refractivity contribution < 1.29 is 9.53 Å². The van der Waals surface area contributed by atoms with E-state index in [1.165, 1.54) is 7.11 Å². The van der Waals surface area contributed by atoms with Crippen LogP contribution in [0, 0.1) is 5.92 Å². The van der Waals surface area contributed by atoms with Crippen LogP contribution in [0.1, 0.15) is 19.8 Å². The summed E-state index contributed by atoms with van der Waals surface area (Å²) in [6, 6.07) is 0.416. The van der Waals surface area contributed by atoms with Gasteiger partial charge in [0.25, 0.3) is 5.56 Å². The van der Waals surface area contributed by atoms with Gasteiger partial charge in [0.2, 0.25) is 0 Å². The summed E-state index contributed by atoms with van der Waals surface area (Å²) in [6.45, 7) is 1.96. The molecular formula is C12H16BrN3O3. The summed E-state index contributed by atoms with van der Waals surface area (Å²) >= 11 is 3.25. The number of hydrogen-bond donors (Lipinski definition) is 1. The molecule has 0 bridgehead atoms. The predicted octanol–water partition coefficient (Wildman–Crippen LogP) is 1.39. The highest BCUT2D eigenvalue weighted by molar-refractivity contribution is 9.10. The minimum atomic E-state index is -0.504. The van der Waals surface area contributed by atoms with Gasteiger partial charge in [-0.3, -0.25) is 9.59 Å². The molecule has 2 atom stereocenters. The van der Waals surface area contributed by atoms with Crippen molar-refractivity contribution in [1.29, 1.82) is 0 Å². The van der Waals surface area contributed by atoms with E-state index in [0.29, 0.717) is 22.1 Å². The first-order chi connectivity index (χ1) is 9.06. The number of hydrogen-bond acceptors (Lipinski definition) is 5.